The van der Waals surface area contributed by atoms with E-state index in [1.807, 2.05) is 28.8 Å². The third kappa shape index (κ3) is 3.45. The largest absolute Gasteiger partial charge is 0.356 e. The summed E-state index contributed by atoms with van der Waals surface area (Å²) < 4.78 is 4.24. The van der Waals surface area contributed by atoms with Crippen LogP contribution in [0.25, 0.3) is 33.2 Å². The molecule has 0 saturated carbocycles. The number of aromatic nitrogens is 5. The van der Waals surface area contributed by atoms with E-state index in [1.54, 1.807) is 6.33 Å². The lowest BCUT2D eigenvalue weighted by molar-refractivity contribution is 0.249. The maximum atomic E-state index is 7.19. The molecule has 3 aromatic heterocycles. The Morgan fingerprint density at radius 1 is 1.03 bits per heavy atom. The number of nitrogens with zero attached hydrogens (tertiary/aromatic N) is 8. The Morgan fingerprint density at radius 3 is 2.56 bits per heavy atom. The van der Waals surface area contributed by atoms with Crippen molar-refractivity contribution in [2.75, 3.05) is 32.1 Å². The summed E-state index contributed by atoms with van der Waals surface area (Å²) in [5.74, 6) is 1.85. The zero-order chi connectivity index (χ0) is 23.2. The van der Waals surface area contributed by atoms with Gasteiger partial charge in [0.15, 0.2) is 11.5 Å². The third-order valence-corrected chi connectivity index (χ3v) is 7.04. The highest BCUT2D eigenvalue weighted by molar-refractivity contribution is 5.72. The van der Waals surface area contributed by atoms with Crippen LogP contribution in [0.3, 0.4) is 0 Å². The molecule has 6 rings (SSSR count). The molecule has 0 spiro atoms. The van der Waals surface area contributed by atoms with Crippen molar-refractivity contribution in [1.82, 2.24) is 29.2 Å². The Kier molecular flexibility index (Phi) is 4.93. The molecule has 170 valence electrons. The van der Waals surface area contributed by atoms with E-state index in [1.165, 1.54) is 0 Å². The topological polar surface area (TPSA) is 59.4 Å². The van der Waals surface area contributed by atoms with Crippen LogP contribution in [0.5, 0.6) is 0 Å². The summed E-state index contributed by atoms with van der Waals surface area (Å²) in [6.45, 7) is 9.89. The number of hydrogen-bond donors (Lipinski definition) is 0. The molecule has 8 heteroatoms. The number of anilines is 1. The van der Waals surface area contributed by atoms with Crippen molar-refractivity contribution in [2.45, 2.75) is 25.4 Å². The van der Waals surface area contributed by atoms with Crippen molar-refractivity contribution in [3.05, 3.63) is 72.1 Å². The summed E-state index contributed by atoms with van der Waals surface area (Å²) in [5, 5.41) is 8.65. The minimum atomic E-state index is 0.640. The first-order valence-electron chi connectivity index (χ1n) is 11.6. The van der Waals surface area contributed by atoms with E-state index in [-0.39, 0.29) is 0 Å². The van der Waals surface area contributed by atoms with Gasteiger partial charge in [-0.25, -0.2) is 9.83 Å². The fourth-order valence-electron chi connectivity index (χ4n) is 5.07. The van der Waals surface area contributed by atoms with Crippen LogP contribution in [0.1, 0.15) is 18.5 Å². The van der Waals surface area contributed by atoms with Crippen molar-refractivity contribution in [2.24, 2.45) is 0 Å². The third-order valence-electron chi connectivity index (χ3n) is 7.04. The van der Waals surface area contributed by atoms with Crippen molar-refractivity contribution in [3.8, 4) is 28.3 Å². The second-order valence-electron chi connectivity index (χ2n) is 9.24. The molecule has 0 atom stereocenters. The van der Waals surface area contributed by atoms with E-state index in [4.69, 9.17) is 11.6 Å². The average molecular weight is 451 g/mol. The lowest BCUT2D eigenvalue weighted by Crippen LogP contribution is -2.42. The monoisotopic (exact) mass is 450 g/mol. The van der Waals surface area contributed by atoms with Gasteiger partial charge < -0.3 is 14.4 Å². The molecule has 0 N–H and O–H groups in total. The van der Waals surface area contributed by atoms with Gasteiger partial charge in [0.05, 0.1) is 30.2 Å². The zero-order valence-corrected chi connectivity index (χ0v) is 19.4. The van der Waals surface area contributed by atoms with Gasteiger partial charge >= 0.3 is 0 Å². The lowest BCUT2D eigenvalue weighted by atomic mass is 10.0. The van der Waals surface area contributed by atoms with Gasteiger partial charge in [0, 0.05) is 30.9 Å². The molecule has 0 unspecified atom stereocenters. The van der Waals surface area contributed by atoms with E-state index >= 15 is 0 Å². The number of fused-ring (bicyclic) bond motifs is 5. The van der Waals surface area contributed by atoms with Crippen molar-refractivity contribution >= 4 is 11.5 Å². The fraction of sp³-hybridized carbons (Fsp3) is 0.308. The molecule has 1 saturated heterocycles. The minimum Gasteiger partial charge on any atom is -0.356 e. The Balaban J connectivity index is 1.36. The van der Waals surface area contributed by atoms with Gasteiger partial charge in [-0.1, -0.05) is 24.3 Å². The molecule has 0 aliphatic carbocycles. The molecule has 1 fully saturated rings. The summed E-state index contributed by atoms with van der Waals surface area (Å²) in [5.41, 5.74) is 5.85. The molecule has 2 aliphatic rings. The molecule has 0 radical (unpaired) electrons. The fourth-order valence-corrected chi connectivity index (χ4v) is 5.07. The minimum absolute atomic E-state index is 0.640. The van der Waals surface area contributed by atoms with Crippen LogP contribution in [0, 0.1) is 6.57 Å². The Hall–Kier alpha value is -3.96. The van der Waals surface area contributed by atoms with Crippen LogP contribution in [-0.2, 0) is 6.54 Å². The number of benzene rings is 1. The molecule has 8 nitrogen and oxygen atoms in total. The van der Waals surface area contributed by atoms with Gasteiger partial charge in [0.25, 0.3) is 0 Å². The average Bonchev–Trinajstić information content (AvgIpc) is 3.49. The van der Waals surface area contributed by atoms with E-state index in [9.17, 15) is 0 Å². The number of piperidine rings is 1. The number of pyridine rings is 1. The highest BCUT2D eigenvalue weighted by atomic mass is 15.3. The Labute approximate surface area is 198 Å². The molecule has 5 heterocycles. The molecule has 0 bridgehead atoms. The summed E-state index contributed by atoms with van der Waals surface area (Å²) in [4.78, 5) is 13.4. The quantitative estimate of drug-likeness (QED) is 0.385. The van der Waals surface area contributed by atoms with Gasteiger partial charge in [-0.05, 0) is 50.7 Å². The van der Waals surface area contributed by atoms with Gasteiger partial charge in [0.2, 0.25) is 0 Å². The highest BCUT2D eigenvalue weighted by Gasteiger charge is 2.25. The second-order valence-corrected chi connectivity index (χ2v) is 9.24. The maximum Gasteiger partial charge on any atom is 0.187 e. The van der Waals surface area contributed by atoms with Gasteiger partial charge in [-0.3, -0.25) is 4.57 Å². The lowest BCUT2D eigenvalue weighted by Gasteiger charge is -2.36. The summed E-state index contributed by atoms with van der Waals surface area (Å²) >= 11 is 0. The van der Waals surface area contributed by atoms with Crippen LogP contribution >= 0.6 is 0 Å². The molecular weight excluding hydrogens is 424 g/mol. The van der Waals surface area contributed by atoms with Crippen LogP contribution in [0.15, 0.2) is 55.0 Å². The SMILES string of the molecule is [C-]#[N+]c1ccc(-c2cc3n(c2)Cc2nc(N4CCC(N(C)C)CC4)ccc2-n2cnnc2-3)cc1. The second kappa shape index (κ2) is 8.12. The summed E-state index contributed by atoms with van der Waals surface area (Å²) in [7, 11) is 4.33. The van der Waals surface area contributed by atoms with Crippen molar-refractivity contribution in [3.63, 3.8) is 0 Å². The van der Waals surface area contributed by atoms with E-state index in [0.717, 1.165) is 65.8 Å². The predicted octanol–water partition coefficient (Wildman–Crippen LogP) is 4.24. The van der Waals surface area contributed by atoms with Crippen LogP contribution in [-0.4, -0.2) is 62.4 Å². The van der Waals surface area contributed by atoms with Crippen molar-refractivity contribution < 1.29 is 0 Å². The molecule has 0 amide bonds. The highest BCUT2D eigenvalue weighted by Crippen LogP contribution is 2.34. The predicted molar refractivity (Wildman–Crippen MR) is 132 cm³/mol. The molecule has 34 heavy (non-hydrogen) atoms. The van der Waals surface area contributed by atoms with Crippen LogP contribution < -0.4 is 4.90 Å². The first-order chi connectivity index (χ1) is 16.6. The van der Waals surface area contributed by atoms with Gasteiger partial charge in [0.1, 0.15) is 12.1 Å². The van der Waals surface area contributed by atoms with Crippen LogP contribution in [0.2, 0.25) is 0 Å². The van der Waals surface area contributed by atoms with E-state index in [2.05, 4.69) is 67.9 Å². The molecule has 4 aromatic rings. The van der Waals surface area contributed by atoms with E-state index < -0.39 is 0 Å². The Bertz CT molecular complexity index is 1380. The van der Waals surface area contributed by atoms with Gasteiger partial charge in [-0.2, -0.15) is 0 Å². The van der Waals surface area contributed by atoms with Gasteiger partial charge in [-0.15, -0.1) is 10.2 Å². The number of hydrogen-bond acceptors (Lipinski definition) is 5. The standard InChI is InChI=1S/C26H26N8/c1-27-20-6-4-18(5-7-20)19-14-24-26-30-28-17-34(26)23-8-9-25(29-22(23)16-33(24)15-19)32-12-10-21(11-13-32)31(2)3/h4-9,14-15,17,21H,10-13,16H2,2-3H3. The van der Waals surface area contributed by atoms with E-state index in [0.29, 0.717) is 18.3 Å². The summed E-state index contributed by atoms with van der Waals surface area (Å²) in [6, 6.07) is 14.8. The molecule has 2 aliphatic heterocycles. The summed E-state index contributed by atoms with van der Waals surface area (Å²) in [6.07, 6.45) is 6.22. The Morgan fingerprint density at radius 2 is 1.82 bits per heavy atom. The maximum absolute atomic E-state index is 7.19. The van der Waals surface area contributed by atoms with Crippen LogP contribution in [0.4, 0.5) is 11.5 Å². The van der Waals surface area contributed by atoms with Crippen molar-refractivity contribution in [1.29, 1.82) is 0 Å². The smallest absolute Gasteiger partial charge is 0.187 e. The normalized spacial score (nSPS) is 15.4. The molecular formula is C26H26N8. The first-order valence-corrected chi connectivity index (χ1v) is 11.6. The zero-order valence-electron chi connectivity index (χ0n) is 19.4. The molecule has 1 aromatic carbocycles. The first kappa shape index (κ1) is 20.6. The number of rotatable bonds is 3.